The largest absolute Gasteiger partial charge is 0.455 e. The summed E-state index contributed by atoms with van der Waals surface area (Å²) in [6.45, 7) is 0. The van der Waals surface area contributed by atoms with E-state index >= 15 is 0 Å². The Balaban J connectivity index is 1.61. The summed E-state index contributed by atoms with van der Waals surface area (Å²) < 4.78 is 9.90. The highest BCUT2D eigenvalue weighted by molar-refractivity contribution is 9.10. The second-order valence-electron chi connectivity index (χ2n) is 8.35. The smallest absolute Gasteiger partial charge is 0.145 e. The Morgan fingerprint density at radius 3 is 2.15 bits per heavy atom. The third-order valence-corrected chi connectivity index (χ3v) is 6.94. The molecule has 0 saturated carbocycles. The molecule has 0 aliphatic rings. The van der Waals surface area contributed by atoms with Gasteiger partial charge in [0, 0.05) is 26.3 Å². The minimum absolute atomic E-state index is 0.910. The highest BCUT2D eigenvalue weighted by atomic mass is 79.9. The summed E-state index contributed by atoms with van der Waals surface area (Å²) in [4.78, 5) is 0. The van der Waals surface area contributed by atoms with Gasteiger partial charge in [0.05, 0.1) is 16.4 Å². The molecule has 5 aromatic carbocycles. The van der Waals surface area contributed by atoms with E-state index in [9.17, 15) is 0 Å². The van der Waals surface area contributed by atoms with Crippen molar-refractivity contribution >= 4 is 59.7 Å². The van der Waals surface area contributed by atoms with E-state index in [0.29, 0.717) is 0 Å². The number of hydrogen-bond acceptors (Lipinski definition) is 1. The molecule has 0 saturated heterocycles. The zero-order valence-electron chi connectivity index (χ0n) is 17.6. The van der Waals surface area contributed by atoms with Crippen LogP contribution < -0.4 is 0 Å². The Morgan fingerprint density at radius 2 is 1.33 bits per heavy atom. The highest BCUT2D eigenvalue weighted by Gasteiger charge is 2.19. The zero-order chi connectivity index (χ0) is 21.9. The molecule has 0 aliphatic heterocycles. The van der Waals surface area contributed by atoms with E-state index < -0.39 is 0 Å². The van der Waals surface area contributed by atoms with E-state index in [1.165, 1.54) is 16.5 Å². The molecule has 0 amide bonds. The van der Waals surface area contributed by atoms with Crippen molar-refractivity contribution in [3.8, 4) is 16.8 Å². The first-order valence-corrected chi connectivity index (χ1v) is 11.8. The lowest BCUT2D eigenvalue weighted by Crippen LogP contribution is -1.92. The van der Waals surface area contributed by atoms with Crippen LogP contribution in [0.25, 0.3) is 60.6 Å². The minimum Gasteiger partial charge on any atom is -0.455 e. The quantitative estimate of drug-likeness (QED) is 0.237. The lowest BCUT2D eigenvalue weighted by atomic mass is 10.0. The molecular weight excluding hydrogens is 470 g/mol. The van der Waals surface area contributed by atoms with Crippen molar-refractivity contribution in [3.63, 3.8) is 0 Å². The Labute approximate surface area is 198 Å². The number of nitrogens with zero attached hydrogens (tertiary/aromatic N) is 1. The normalized spacial score (nSPS) is 11.8. The van der Waals surface area contributed by atoms with Crippen molar-refractivity contribution in [1.29, 1.82) is 0 Å². The molecule has 33 heavy (non-hydrogen) atoms. The molecule has 2 nitrogen and oxygen atoms in total. The maximum Gasteiger partial charge on any atom is 0.145 e. The predicted molar refractivity (Wildman–Crippen MR) is 141 cm³/mol. The standard InChI is InChI=1S/C30H18BrNO/c31-21-12-14-26-25(18-21)29-27(32(26)22-9-5-2-6-10-22)15-13-23-24-17-20(19-7-3-1-4-8-19)11-16-28(24)33-30(23)29/h1-18H. The van der Waals surface area contributed by atoms with Crippen LogP contribution in [0.2, 0.25) is 0 Å². The number of furan rings is 1. The predicted octanol–water partition coefficient (Wildman–Crippen LogP) is 9.11. The van der Waals surface area contributed by atoms with E-state index in [-0.39, 0.29) is 0 Å². The molecule has 0 bridgehead atoms. The number of para-hydroxylation sites is 1. The monoisotopic (exact) mass is 487 g/mol. The second-order valence-corrected chi connectivity index (χ2v) is 9.26. The average Bonchev–Trinajstić information content (AvgIpc) is 3.39. The van der Waals surface area contributed by atoms with Gasteiger partial charge in [-0.3, -0.25) is 0 Å². The van der Waals surface area contributed by atoms with Crippen molar-refractivity contribution in [2.24, 2.45) is 0 Å². The topological polar surface area (TPSA) is 18.1 Å². The number of hydrogen-bond donors (Lipinski definition) is 0. The van der Waals surface area contributed by atoms with Crippen molar-refractivity contribution in [2.45, 2.75) is 0 Å². The van der Waals surface area contributed by atoms with Gasteiger partial charge >= 0.3 is 0 Å². The first kappa shape index (κ1) is 18.7. The summed E-state index contributed by atoms with van der Waals surface area (Å²) in [6.07, 6.45) is 0. The van der Waals surface area contributed by atoms with Crippen LogP contribution in [0.5, 0.6) is 0 Å². The molecular formula is C30H18BrNO. The van der Waals surface area contributed by atoms with E-state index in [1.54, 1.807) is 0 Å². The molecule has 156 valence electrons. The average molecular weight is 488 g/mol. The first-order chi connectivity index (χ1) is 16.3. The van der Waals surface area contributed by atoms with Crippen molar-refractivity contribution in [3.05, 3.63) is 114 Å². The number of aromatic nitrogens is 1. The van der Waals surface area contributed by atoms with Crippen molar-refractivity contribution in [2.75, 3.05) is 0 Å². The maximum absolute atomic E-state index is 6.53. The van der Waals surface area contributed by atoms with Gasteiger partial charge in [-0.05, 0) is 65.7 Å². The molecule has 0 unspecified atom stereocenters. The first-order valence-electron chi connectivity index (χ1n) is 11.0. The fourth-order valence-corrected chi connectivity index (χ4v) is 5.34. The fourth-order valence-electron chi connectivity index (χ4n) is 4.98. The SMILES string of the molecule is Brc1ccc2c(c1)c1c3oc4ccc(-c5ccccc5)cc4c3ccc1n2-c1ccccc1. The summed E-state index contributed by atoms with van der Waals surface area (Å²) in [5.74, 6) is 0. The number of benzene rings is 5. The van der Waals surface area contributed by atoms with E-state index in [0.717, 1.165) is 48.5 Å². The van der Waals surface area contributed by atoms with E-state index in [1.807, 2.05) is 6.07 Å². The third kappa shape index (κ3) is 2.79. The molecule has 2 aromatic heterocycles. The molecule has 0 aliphatic carbocycles. The van der Waals surface area contributed by atoms with Crippen LogP contribution in [-0.2, 0) is 0 Å². The Morgan fingerprint density at radius 1 is 0.576 bits per heavy atom. The summed E-state index contributed by atoms with van der Waals surface area (Å²) in [7, 11) is 0. The van der Waals surface area contributed by atoms with Crippen LogP contribution in [-0.4, -0.2) is 4.57 Å². The fraction of sp³-hybridized carbons (Fsp3) is 0. The van der Waals surface area contributed by atoms with Crippen molar-refractivity contribution < 1.29 is 4.42 Å². The lowest BCUT2D eigenvalue weighted by Gasteiger charge is -2.07. The third-order valence-electron chi connectivity index (χ3n) is 6.45. The van der Waals surface area contributed by atoms with Gasteiger partial charge in [-0.25, -0.2) is 0 Å². The Hall–Kier alpha value is -3.82. The van der Waals surface area contributed by atoms with Crippen molar-refractivity contribution in [1.82, 2.24) is 4.57 Å². The molecule has 0 atom stereocenters. The Kier molecular flexibility index (Phi) is 4.02. The van der Waals surface area contributed by atoms with Gasteiger partial charge in [0.1, 0.15) is 11.2 Å². The minimum atomic E-state index is 0.910. The van der Waals surface area contributed by atoms with Crippen LogP contribution >= 0.6 is 15.9 Å². The van der Waals surface area contributed by atoms with Crippen LogP contribution in [0, 0.1) is 0 Å². The van der Waals surface area contributed by atoms with Gasteiger partial charge in [0.15, 0.2) is 0 Å². The van der Waals surface area contributed by atoms with Crippen LogP contribution in [0.4, 0.5) is 0 Å². The van der Waals surface area contributed by atoms with Gasteiger partial charge in [0.25, 0.3) is 0 Å². The van der Waals surface area contributed by atoms with Crippen LogP contribution in [0.3, 0.4) is 0 Å². The molecule has 3 heteroatoms. The molecule has 0 spiro atoms. The zero-order valence-corrected chi connectivity index (χ0v) is 19.2. The van der Waals surface area contributed by atoms with Gasteiger partial charge in [-0.15, -0.1) is 0 Å². The Bertz CT molecular complexity index is 1810. The van der Waals surface area contributed by atoms with Gasteiger partial charge in [-0.1, -0.05) is 70.5 Å². The highest BCUT2D eigenvalue weighted by Crippen LogP contribution is 2.41. The molecule has 0 fully saturated rings. The van der Waals surface area contributed by atoms with Gasteiger partial charge in [0.2, 0.25) is 0 Å². The number of fused-ring (bicyclic) bond motifs is 7. The number of rotatable bonds is 2. The molecule has 2 heterocycles. The van der Waals surface area contributed by atoms with E-state index in [2.05, 4.69) is 124 Å². The summed E-state index contributed by atoms with van der Waals surface area (Å²) >= 11 is 3.68. The van der Waals surface area contributed by atoms with E-state index in [4.69, 9.17) is 4.42 Å². The summed E-state index contributed by atoms with van der Waals surface area (Å²) in [5, 5.41) is 4.60. The van der Waals surface area contributed by atoms with Crippen LogP contribution in [0.1, 0.15) is 0 Å². The molecule has 0 radical (unpaired) electrons. The lowest BCUT2D eigenvalue weighted by molar-refractivity contribution is 0.673. The molecule has 7 rings (SSSR count). The second kappa shape index (κ2) is 7.09. The maximum atomic E-state index is 6.53. The number of halogens is 1. The summed E-state index contributed by atoms with van der Waals surface area (Å²) in [6, 6.07) is 38.4. The molecule has 0 N–H and O–H groups in total. The molecule has 7 aromatic rings. The van der Waals surface area contributed by atoms with Gasteiger partial charge < -0.3 is 8.98 Å². The van der Waals surface area contributed by atoms with Gasteiger partial charge in [-0.2, -0.15) is 0 Å². The summed E-state index contributed by atoms with van der Waals surface area (Å²) in [5.41, 5.74) is 7.70. The van der Waals surface area contributed by atoms with Crippen LogP contribution in [0.15, 0.2) is 118 Å².